The monoisotopic (exact) mass is 97.1 g/mol. The first-order valence-electron chi connectivity index (χ1n) is 3.21. The molecule has 1 aliphatic rings. The molecule has 1 unspecified atom stereocenters. The molecule has 0 saturated heterocycles. The zero-order valence-corrected chi connectivity index (χ0v) is 4.98. The third kappa shape index (κ3) is 1.50. The average molecular weight is 97.2 g/mol. The minimum Gasteiger partial charge on any atom is -0.328 e. The van der Waals surface area contributed by atoms with Crippen LogP contribution in [0.4, 0.5) is 0 Å². The molecule has 42 valence electrons. The molecule has 0 bridgehead atoms. The number of hydrogen-bond acceptors (Lipinski definition) is 0. The van der Waals surface area contributed by atoms with Gasteiger partial charge in [-0.2, -0.15) is 12.8 Å². The highest BCUT2D eigenvalue weighted by Crippen LogP contribution is 2.21. The fourth-order valence-corrected chi connectivity index (χ4v) is 1.13. The normalized spacial score (nSPS) is 33.0. The van der Waals surface area contributed by atoms with Crippen LogP contribution in [0.5, 0.6) is 0 Å². The largest absolute Gasteiger partial charge is 0.328 e. The van der Waals surface area contributed by atoms with Crippen LogP contribution in [0.25, 0.3) is 0 Å². The lowest BCUT2D eigenvalue weighted by Crippen LogP contribution is -2.00. The van der Waals surface area contributed by atoms with Gasteiger partial charge < -0.3 is 6.42 Å². The lowest BCUT2D eigenvalue weighted by molar-refractivity contribution is 0.448. The first-order valence-corrected chi connectivity index (χ1v) is 3.21. The molecule has 0 N–H and O–H groups in total. The molecule has 7 heavy (non-hydrogen) atoms. The van der Waals surface area contributed by atoms with E-state index in [0.717, 1.165) is 5.92 Å². The number of hydrogen-bond donors (Lipinski definition) is 0. The highest BCUT2D eigenvalue weighted by molar-refractivity contribution is 4.74. The van der Waals surface area contributed by atoms with Gasteiger partial charge in [0.15, 0.2) is 0 Å². The van der Waals surface area contributed by atoms with E-state index >= 15 is 0 Å². The maximum absolute atomic E-state index is 2.41. The van der Waals surface area contributed by atoms with Gasteiger partial charge in [0.25, 0.3) is 0 Å². The van der Waals surface area contributed by atoms with Crippen LogP contribution in [0.3, 0.4) is 0 Å². The molecule has 0 aliphatic heterocycles. The molecule has 0 nitrogen and oxygen atoms in total. The fraction of sp³-hybridized carbons (Fsp3) is 0.857. The summed E-state index contributed by atoms with van der Waals surface area (Å²) in [4.78, 5) is 0. The van der Waals surface area contributed by atoms with Gasteiger partial charge in [-0.05, 0) is 0 Å². The zero-order valence-electron chi connectivity index (χ0n) is 4.98. The summed E-state index contributed by atoms with van der Waals surface area (Å²) in [6, 6.07) is 0. The van der Waals surface area contributed by atoms with Crippen molar-refractivity contribution in [3.05, 3.63) is 6.42 Å². The average Bonchev–Trinajstić information content (AvgIpc) is 1.69. The van der Waals surface area contributed by atoms with Crippen LogP contribution >= 0.6 is 0 Å². The molecule has 0 aromatic rings. The standard InChI is InChI=1S/C7H13/c1-7-5-3-2-4-6-7/h3,7H,2,4-6H2,1H3/q-1. The molecule has 0 aromatic carbocycles. The zero-order chi connectivity index (χ0) is 5.11. The van der Waals surface area contributed by atoms with E-state index in [9.17, 15) is 0 Å². The molecule has 0 radical (unpaired) electrons. The predicted molar refractivity (Wildman–Crippen MR) is 31.9 cm³/mol. The van der Waals surface area contributed by atoms with E-state index in [1.165, 1.54) is 25.7 Å². The minimum atomic E-state index is 0.980. The van der Waals surface area contributed by atoms with Gasteiger partial charge in [0.05, 0.1) is 0 Å². The highest BCUT2D eigenvalue weighted by Gasteiger charge is 1.98. The van der Waals surface area contributed by atoms with Crippen LogP contribution in [0.2, 0.25) is 0 Å². The van der Waals surface area contributed by atoms with Gasteiger partial charge in [0, 0.05) is 0 Å². The van der Waals surface area contributed by atoms with Crippen molar-refractivity contribution in [3.63, 3.8) is 0 Å². The second-order valence-corrected chi connectivity index (χ2v) is 2.56. The van der Waals surface area contributed by atoms with Crippen molar-refractivity contribution < 1.29 is 0 Å². The van der Waals surface area contributed by atoms with Gasteiger partial charge in [-0.1, -0.05) is 25.7 Å². The van der Waals surface area contributed by atoms with E-state index in [4.69, 9.17) is 0 Å². The Bertz CT molecular complexity index is 42.0. The van der Waals surface area contributed by atoms with Gasteiger partial charge in [0.2, 0.25) is 0 Å². The third-order valence-electron chi connectivity index (χ3n) is 1.67. The Balaban J connectivity index is 2.12. The number of rotatable bonds is 0. The summed E-state index contributed by atoms with van der Waals surface area (Å²) in [6.07, 6.45) is 8.02. The molecule has 1 fully saturated rings. The second-order valence-electron chi connectivity index (χ2n) is 2.56. The summed E-state index contributed by atoms with van der Waals surface area (Å²) < 4.78 is 0. The Kier molecular flexibility index (Phi) is 1.72. The van der Waals surface area contributed by atoms with Crippen LogP contribution in [-0.4, -0.2) is 0 Å². The second kappa shape index (κ2) is 2.34. The summed E-state index contributed by atoms with van der Waals surface area (Å²) in [7, 11) is 0. The predicted octanol–water partition coefficient (Wildman–Crippen LogP) is 2.40. The molecule has 1 rings (SSSR count). The van der Waals surface area contributed by atoms with Crippen LogP contribution in [0.15, 0.2) is 0 Å². The van der Waals surface area contributed by atoms with Crippen LogP contribution in [0, 0.1) is 12.3 Å². The highest BCUT2D eigenvalue weighted by atomic mass is 14.1. The van der Waals surface area contributed by atoms with Gasteiger partial charge in [-0.15, -0.1) is 0 Å². The van der Waals surface area contributed by atoms with Gasteiger partial charge in [0.1, 0.15) is 0 Å². The molecule has 1 saturated carbocycles. The lowest BCUT2D eigenvalue weighted by Gasteiger charge is -2.24. The lowest BCUT2D eigenvalue weighted by atomic mass is 9.91. The van der Waals surface area contributed by atoms with Crippen molar-refractivity contribution in [1.29, 1.82) is 0 Å². The van der Waals surface area contributed by atoms with E-state index in [0.29, 0.717) is 0 Å². The van der Waals surface area contributed by atoms with Crippen molar-refractivity contribution >= 4 is 0 Å². The topological polar surface area (TPSA) is 0 Å². The third-order valence-corrected chi connectivity index (χ3v) is 1.67. The first kappa shape index (κ1) is 5.14. The van der Waals surface area contributed by atoms with Crippen LogP contribution in [0.1, 0.15) is 32.6 Å². The van der Waals surface area contributed by atoms with Crippen molar-refractivity contribution in [2.75, 3.05) is 0 Å². The van der Waals surface area contributed by atoms with E-state index in [-0.39, 0.29) is 0 Å². The Hall–Kier alpha value is 0. The molecule has 0 aromatic heterocycles. The van der Waals surface area contributed by atoms with Crippen LogP contribution in [-0.2, 0) is 0 Å². The van der Waals surface area contributed by atoms with Gasteiger partial charge in [-0.25, -0.2) is 0 Å². The first-order chi connectivity index (χ1) is 3.39. The Morgan fingerprint density at radius 3 is 2.71 bits per heavy atom. The maximum Gasteiger partial charge on any atom is -0.0556 e. The molecule has 0 heteroatoms. The van der Waals surface area contributed by atoms with E-state index in [2.05, 4.69) is 13.3 Å². The fourth-order valence-electron chi connectivity index (χ4n) is 1.13. The molecule has 0 heterocycles. The Morgan fingerprint density at radius 2 is 2.43 bits per heavy atom. The van der Waals surface area contributed by atoms with Gasteiger partial charge >= 0.3 is 0 Å². The van der Waals surface area contributed by atoms with Crippen molar-refractivity contribution in [1.82, 2.24) is 0 Å². The minimum absolute atomic E-state index is 0.980. The van der Waals surface area contributed by atoms with Crippen molar-refractivity contribution in [2.45, 2.75) is 32.6 Å². The van der Waals surface area contributed by atoms with E-state index in [1.54, 1.807) is 0 Å². The van der Waals surface area contributed by atoms with E-state index in [1.807, 2.05) is 0 Å². The SMILES string of the molecule is CC1C[CH-]CCC1. The smallest absolute Gasteiger partial charge is 0.0556 e. The van der Waals surface area contributed by atoms with Crippen molar-refractivity contribution in [2.24, 2.45) is 5.92 Å². The summed E-state index contributed by atoms with van der Waals surface area (Å²) in [5, 5.41) is 0. The molecular formula is C7H13-. The van der Waals surface area contributed by atoms with Crippen LogP contribution < -0.4 is 0 Å². The summed E-state index contributed by atoms with van der Waals surface area (Å²) in [5.41, 5.74) is 0. The molecule has 1 aliphatic carbocycles. The molecule has 1 atom stereocenters. The molecular weight excluding hydrogens is 84.1 g/mol. The maximum atomic E-state index is 2.41. The summed E-state index contributed by atoms with van der Waals surface area (Å²) >= 11 is 0. The summed E-state index contributed by atoms with van der Waals surface area (Å²) in [6.45, 7) is 2.33. The van der Waals surface area contributed by atoms with Gasteiger partial charge in [-0.3, -0.25) is 0 Å². The summed E-state index contributed by atoms with van der Waals surface area (Å²) in [5.74, 6) is 0.980. The molecule has 0 spiro atoms. The van der Waals surface area contributed by atoms with Crippen molar-refractivity contribution in [3.8, 4) is 0 Å². The van der Waals surface area contributed by atoms with E-state index < -0.39 is 0 Å². The molecule has 0 amide bonds. The quantitative estimate of drug-likeness (QED) is 0.407. The Labute approximate surface area is 45.9 Å². The Morgan fingerprint density at radius 1 is 1.57 bits per heavy atom.